The van der Waals surface area contributed by atoms with Gasteiger partial charge in [0.1, 0.15) is 0 Å². The van der Waals surface area contributed by atoms with Crippen molar-refractivity contribution < 1.29 is 14.7 Å². The van der Waals surface area contributed by atoms with Crippen molar-refractivity contribution in [3.05, 3.63) is 4.91 Å². The van der Waals surface area contributed by atoms with Gasteiger partial charge in [-0.15, -0.1) is 4.91 Å². The standard InChI is InChI=1S/C9H13N3O4/c13-8-3-6(9(14)15)4-12(8)7-1-2-11(5-7)10-16/h6-7H,1-5H2,(H,14,15). The Hall–Kier alpha value is -1.66. The average molecular weight is 227 g/mol. The molecule has 7 heteroatoms. The van der Waals surface area contributed by atoms with Crippen LogP contribution in [0.3, 0.4) is 0 Å². The summed E-state index contributed by atoms with van der Waals surface area (Å²) in [6, 6.07) is -0.0606. The first-order valence-corrected chi connectivity index (χ1v) is 5.22. The van der Waals surface area contributed by atoms with Gasteiger partial charge in [-0.3, -0.25) is 14.6 Å². The van der Waals surface area contributed by atoms with Crippen LogP contribution in [0.25, 0.3) is 0 Å². The van der Waals surface area contributed by atoms with Crippen LogP contribution in [0.5, 0.6) is 0 Å². The normalized spacial score (nSPS) is 29.9. The molecule has 0 aliphatic carbocycles. The number of nitroso groups, excluding NO2 is 1. The first-order valence-electron chi connectivity index (χ1n) is 5.22. The Balaban J connectivity index is 1.98. The number of rotatable bonds is 3. The quantitative estimate of drug-likeness (QED) is 0.667. The molecule has 0 aromatic rings. The van der Waals surface area contributed by atoms with Crippen LogP contribution in [0.1, 0.15) is 12.8 Å². The number of hydrogen-bond acceptors (Lipinski definition) is 4. The van der Waals surface area contributed by atoms with E-state index in [0.29, 0.717) is 19.5 Å². The van der Waals surface area contributed by atoms with Crippen LogP contribution in [0.2, 0.25) is 0 Å². The van der Waals surface area contributed by atoms with Gasteiger partial charge in [-0.2, -0.15) is 0 Å². The first kappa shape index (κ1) is 10.8. The number of likely N-dealkylation sites (tertiary alicyclic amines) is 1. The second-order valence-electron chi connectivity index (χ2n) is 4.22. The molecule has 16 heavy (non-hydrogen) atoms. The van der Waals surface area contributed by atoms with E-state index in [1.54, 1.807) is 4.90 Å². The summed E-state index contributed by atoms with van der Waals surface area (Å²) in [6.45, 7) is 1.21. The van der Waals surface area contributed by atoms with E-state index >= 15 is 0 Å². The van der Waals surface area contributed by atoms with Crippen molar-refractivity contribution in [2.75, 3.05) is 19.6 Å². The molecule has 2 unspecified atom stereocenters. The largest absolute Gasteiger partial charge is 0.481 e. The van der Waals surface area contributed by atoms with Crippen molar-refractivity contribution in [1.82, 2.24) is 9.91 Å². The lowest BCUT2D eigenvalue weighted by Crippen LogP contribution is -2.38. The Kier molecular flexibility index (Phi) is 2.76. The fourth-order valence-electron chi connectivity index (χ4n) is 2.30. The highest BCUT2D eigenvalue weighted by Gasteiger charge is 2.40. The Bertz CT molecular complexity index is 333. The smallest absolute Gasteiger partial charge is 0.308 e. The minimum Gasteiger partial charge on any atom is -0.481 e. The van der Waals surface area contributed by atoms with E-state index in [1.807, 2.05) is 0 Å². The van der Waals surface area contributed by atoms with Crippen LogP contribution in [-0.4, -0.2) is 52.6 Å². The number of nitrogens with zero attached hydrogens (tertiary/aromatic N) is 3. The summed E-state index contributed by atoms with van der Waals surface area (Å²) in [5.41, 5.74) is 0. The molecule has 2 fully saturated rings. The molecule has 88 valence electrons. The third-order valence-electron chi connectivity index (χ3n) is 3.21. The third kappa shape index (κ3) is 1.84. The van der Waals surface area contributed by atoms with Gasteiger partial charge in [-0.05, 0) is 6.42 Å². The molecule has 0 radical (unpaired) electrons. The van der Waals surface area contributed by atoms with Gasteiger partial charge in [-0.25, -0.2) is 0 Å². The molecule has 0 bridgehead atoms. The number of aliphatic carboxylic acids is 1. The molecule has 0 spiro atoms. The summed E-state index contributed by atoms with van der Waals surface area (Å²) in [5.74, 6) is -1.67. The average Bonchev–Trinajstić information content (AvgIpc) is 2.83. The van der Waals surface area contributed by atoms with E-state index in [4.69, 9.17) is 5.11 Å². The number of carboxylic acids is 1. The molecule has 2 atom stereocenters. The fourth-order valence-corrected chi connectivity index (χ4v) is 2.30. The number of hydrogen-bond donors (Lipinski definition) is 1. The Labute approximate surface area is 91.9 Å². The molecule has 2 aliphatic rings. The van der Waals surface area contributed by atoms with Crippen molar-refractivity contribution in [2.24, 2.45) is 11.2 Å². The monoisotopic (exact) mass is 227 g/mol. The van der Waals surface area contributed by atoms with Crippen molar-refractivity contribution in [2.45, 2.75) is 18.9 Å². The number of carbonyl (C=O) groups is 2. The zero-order chi connectivity index (χ0) is 11.7. The molecule has 2 rings (SSSR count). The zero-order valence-electron chi connectivity index (χ0n) is 8.70. The fraction of sp³-hybridized carbons (Fsp3) is 0.778. The Morgan fingerprint density at radius 2 is 2.19 bits per heavy atom. The van der Waals surface area contributed by atoms with E-state index in [-0.39, 0.29) is 24.9 Å². The molecule has 0 aromatic carbocycles. The summed E-state index contributed by atoms with van der Waals surface area (Å²) < 4.78 is 0. The first-order chi connectivity index (χ1) is 7.61. The van der Waals surface area contributed by atoms with Gasteiger partial charge in [0.25, 0.3) is 0 Å². The number of amides is 1. The van der Waals surface area contributed by atoms with Gasteiger partial charge in [0.2, 0.25) is 5.91 Å². The molecule has 7 nitrogen and oxygen atoms in total. The van der Waals surface area contributed by atoms with E-state index in [9.17, 15) is 14.5 Å². The van der Waals surface area contributed by atoms with Crippen LogP contribution in [-0.2, 0) is 9.59 Å². The Morgan fingerprint density at radius 3 is 2.69 bits per heavy atom. The Morgan fingerprint density at radius 1 is 1.44 bits per heavy atom. The van der Waals surface area contributed by atoms with E-state index in [0.717, 1.165) is 0 Å². The molecule has 1 amide bonds. The van der Waals surface area contributed by atoms with Crippen LogP contribution < -0.4 is 0 Å². The lowest BCUT2D eigenvalue weighted by molar-refractivity contribution is -0.141. The van der Waals surface area contributed by atoms with Gasteiger partial charge in [-0.1, -0.05) is 0 Å². The van der Waals surface area contributed by atoms with Crippen molar-refractivity contribution in [1.29, 1.82) is 0 Å². The predicted molar refractivity (Wildman–Crippen MR) is 53.2 cm³/mol. The van der Waals surface area contributed by atoms with Gasteiger partial charge in [0.15, 0.2) is 0 Å². The maximum absolute atomic E-state index is 11.6. The SMILES string of the molecule is O=NN1CCC(N2CC(C(=O)O)CC2=O)C1. The van der Waals surface area contributed by atoms with Crippen LogP contribution in [0.15, 0.2) is 5.29 Å². The molecule has 2 saturated heterocycles. The van der Waals surface area contributed by atoms with E-state index < -0.39 is 11.9 Å². The van der Waals surface area contributed by atoms with Gasteiger partial charge >= 0.3 is 5.97 Å². The maximum Gasteiger partial charge on any atom is 0.308 e. The molecular weight excluding hydrogens is 214 g/mol. The minimum absolute atomic E-state index is 0.0606. The van der Waals surface area contributed by atoms with Gasteiger partial charge in [0.05, 0.1) is 23.8 Å². The molecule has 0 saturated carbocycles. The molecule has 1 N–H and O–H groups in total. The van der Waals surface area contributed by atoms with E-state index in [1.165, 1.54) is 5.01 Å². The predicted octanol–water partition coefficient (Wildman–Crippen LogP) is -0.325. The van der Waals surface area contributed by atoms with Crippen molar-refractivity contribution >= 4 is 11.9 Å². The topological polar surface area (TPSA) is 90.3 Å². The van der Waals surface area contributed by atoms with E-state index in [2.05, 4.69) is 5.29 Å². The zero-order valence-corrected chi connectivity index (χ0v) is 8.70. The third-order valence-corrected chi connectivity index (χ3v) is 3.21. The molecule has 0 aromatic heterocycles. The summed E-state index contributed by atoms with van der Waals surface area (Å²) in [5, 5.41) is 13.0. The highest BCUT2D eigenvalue weighted by molar-refractivity contribution is 5.86. The van der Waals surface area contributed by atoms with Crippen molar-refractivity contribution in [3.8, 4) is 0 Å². The van der Waals surface area contributed by atoms with Gasteiger partial charge in [0, 0.05) is 19.5 Å². The maximum atomic E-state index is 11.6. The van der Waals surface area contributed by atoms with Gasteiger partial charge < -0.3 is 10.0 Å². The highest BCUT2D eigenvalue weighted by Crippen LogP contribution is 2.25. The summed E-state index contributed by atoms with van der Waals surface area (Å²) in [7, 11) is 0. The second kappa shape index (κ2) is 4.07. The molecular formula is C9H13N3O4. The summed E-state index contributed by atoms with van der Waals surface area (Å²) >= 11 is 0. The lowest BCUT2D eigenvalue weighted by atomic mass is 10.1. The summed E-state index contributed by atoms with van der Waals surface area (Å²) in [4.78, 5) is 34.3. The van der Waals surface area contributed by atoms with Crippen LogP contribution in [0, 0.1) is 10.8 Å². The minimum atomic E-state index is -0.931. The van der Waals surface area contributed by atoms with Crippen LogP contribution >= 0.6 is 0 Å². The number of carboxylic acid groups (broad SMARTS) is 1. The van der Waals surface area contributed by atoms with Crippen molar-refractivity contribution in [3.63, 3.8) is 0 Å². The lowest BCUT2D eigenvalue weighted by Gasteiger charge is -2.23. The van der Waals surface area contributed by atoms with Crippen LogP contribution in [0.4, 0.5) is 0 Å². The number of carbonyl (C=O) groups excluding carboxylic acids is 1. The second-order valence-corrected chi connectivity index (χ2v) is 4.22. The molecule has 2 heterocycles. The summed E-state index contributed by atoms with van der Waals surface area (Å²) in [6.07, 6.45) is 0.754. The highest BCUT2D eigenvalue weighted by atomic mass is 16.4. The molecule has 2 aliphatic heterocycles.